The molecule has 0 aliphatic carbocycles. The Kier molecular flexibility index (Phi) is 2.72. The predicted molar refractivity (Wildman–Crippen MR) is 84.1 cm³/mol. The molecular weight excluding hydrogens is 260 g/mol. The number of fused-ring (bicyclic) bond motifs is 2. The molecular formula is C18H14N2O. The lowest BCUT2D eigenvalue weighted by Crippen LogP contribution is -2.00. The summed E-state index contributed by atoms with van der Waals surface area (Å²) in [6.45, 7) is 0. The van der Waals surface area contributed by atoms with Crippen LogP contribution in [-0.2, 0) is 0 Å². The second kappa shape index (κ2) is 4.72. The largest absolute Gasteiger partial charge is 0.384 e. The minimum Gasteiger partial charge on any atom is -0.384 e. The van der Waals surface area contributed by atoms with E-state index >= 15 is 0 Å². The number of rotatable bonds is 2. The Morgan fingerprint density at radius 2 is 1.95 bits per heavy atom. The van der Waals surface area contributed by atoms with Crippen LogP contribution in [0.15, 0.2) is 67.0 Å². The summed E-state index contributed by atoms with van der Waals surface area (Å²) >= 11 is 0. The van der Waals surface area contributed by atoms with Gasteiger partial charge in [-0.05, 0) is 41.5 Å². The Labute approximate surface area is 121 Å². The molecule has 0 fully saturated rings. The number of pyridine rings is 1. The van der Waals surface area contributed by atoms with Gasteiger partial charge in [-0.2, -0.15) is 0 Å². The van der Waals surface area contributed by atoms with Gasteiger partial charge in [-0.3, -0.25) is 4.98 Å². The van der Waals surface area contributed by atoms with Gasteiger partial charge in [-0.15, -0.1) is 0 Å². The van der Waals surface area contributed by atoms with Crippen LogP contribution < -0.4 is 0 Å². The van der Waals surface area contributed by atoms with Crippen LogP contribution in [0.3, 0.4) is 0 Å². The van der Waals surface area contributed by atoms with E-state index in [0.29, 0.717) is 0 Å². The van der Waals surface area contributed by atoms with Gasteiger partial charge >= 0.3 is 0 Å². The number of nitrogens with one attached hydrogen (secondary N) is 1. The second-order valence-electron chi connectivity index (χ2n) is 5.14. The summed E-state index contributed by atoms with van der Waals surface area (Å²) in [6.07, 6.45) is 3.03. The van der Waals surface area contributed by atoms with Gasteiger partial charge in [0.2, 0.25) is 0 Å². The molecule has 3 heteroatoms. The summed E-state index contributed by atoms with van der Waals surface area (Å²) in [5.74, 6) is 0. The molecule has 0 bridgehead atoms. The van der Waals surface area contributed by atoms with Crippen LogP contribution in [0.5, 0.6) is 0 Å². The quantitative estimate of drug-likeness (QED) is 0.584. The Morgan fingerprint density at radius 3 is 2.90 bits per heavy atom. The van der Waals surface area contributed by atoms with E-state index in [9.17, 15) is 5.11 Å². The molecule has 0 aliphatic heterocycles. The summed E-state index contributed by atoms with van der Waals surface area (Å²) in [6, 6.07) is 17.7. The molecule has 1 unspecified atom stereocenters. The van der Waals surface area contributed by atoms with E-state index in [2.05, 4.69) is 9.97 Å². The van der Waals surface area contributed by atoms with Crippen LogP contribution >= 0.6 is 0 Å². The molecule has 3 nitrogen and oxygen atoms in total. The number of benzene rings is 2. The first kappa shape index (κ1) is 12.1. The van der Waals surface area contributed by atoms with Crippen LogP contribution in [0.25, 0.3) is 21.8 Å². The summed E-state index contributed by atoms with van der Waals surface area (Å²) < 4.78 is 0. The number of aromatic amines is 1. The topological polar surface area (TPSA) is 48.9 Å². The number of aromatic nitrogens is 2. The fraction of sp³-hybridized carbons (Fsp3) is 0.0556. The smallest absolute Gasteiger partial charge is 0.105 e. The van der Waals surface area contributed by atoms with Gasteiger partial charge in [0.25, 0.3) is 0 Å². The molecule has 0 amide bonds. The second-order valence-corrected chi connectivity index (χ2v) is 5.14. The monoisotopic (exact) mass is 274 g/mol. The van der Waals surface area contributed by atoms with Crippen molar-refractivity contribution in [2.24, 2.45) is 0 Å². The van der Waals surface area contributed by atoms with Crippen molar-refractivity contribution in [1.82, 2.24) is 9.97 Å². The van der Waals surface area contributed by atoms with Crippen LogP contribution in [0.4, 0.5) is 0 Å². The molecule has 0 aliphatic rings. The first-order chi connectivity index (χ1) is 10.3. The zero-order valence-electron chi connectivity index (χ0n) is 11.3. The van der Waals surface area contributed by atoms with Crippen LogP contribution in [0.2, 0.25) is 0 Å². The van der Waals surface area contributed by atoms with Crippen molar-refractivity contribution in [3.05, 3.63) is 78.1 Å². The number of nitrogens with zero attached hydrogens (tertiary/aromatic N) is 1. The Balaban J connectivity index is 1.85. The number of aliphatic hydroxyl groups is 1. The zero-order chi connectivity index (χ0) is 14.2. The van der Waals surface area contributed by atoms with Crippen molar-refractivity contribution in [1.29, 1.82) is 0 Å². The molecule has 4 aromatic rings. The van der Waals surface area contributed by atoms with Crippen molar-refractivity contribution in [3.8, 4) is 0 Å². The highest BCUT2D eigenvalue weighted by atomic mass is 16.3. The summed E-state index contributed by atoms with van der Waals surface area (Å²) in [5, 5.41) is 12.8. The van der Waals surface area contributed by atoms with Gasteiger partial charge in [0.05, 0.1) is 5.52 Å². The van der Waals surface area contributed by atoms with Gasteiger partial charge < -0.3 is 10.1 Å². The third-order valence-electron chi connectivity index (χ3n) is 3.87. The van der Waals surface area contributed by atoms with E-state index in [-0.39, 0.29) is 0 Å². The highest BCUT2D eigenvalue weighted by molar-refractivity contribution is 5.84. The lowest BCUT2D eigenvalue weighted by atomic mass is 9.97. The Morgan fingerprint density at radius 1 is 1.00 bits per heavy atom. The summed E-state index contributed by atoms with van der Waals surface area (Å²) in [5.41, 5.74) is 3.77. The van der Waals surface area contributed by atoms with Gasteiger partial charge in [-0.1, -0.05) is 24.3 Å². The van der Waals surface area contributed by atoms with Crippen molar-refractivity contribution in [3.63, 3.8) is 0 Å². The maximum atomic E-state index is 10.7. The van der Waals surface area contributed by atoms with Crippen molar-refractivity contribution >= 4 is 21.8 Å². The molecule has 21 heavy (non-hydrogen) atoms. The first-order valence-electron chi connectivity index (χ1n) is 6.92. The van der Waals surface area contributed by atoms with E-state index in [0.717, 1.165) is 32.9 Å². The maximum Gasteiger partial charge on any atom is 0.105 e. The fourth-order valence-corrected chi connectivity index (χ4v) is 2.79. The van der Waals surface area contributed by atoms with Crippen LogP contribution in [0, 0.1) is 0 Å². The molecule has 2 heterocycles. The Hall–Kier alpha value is -2.65. The van der Waals surface area contributed by atoms with Gasteiger partial charge in [0.15, 0.2) is 0 Å². The lowest BCUT2D eigenvalue weighted by molar-refractivity contribution is 0.222. The molecule has 0 spiro atoms. The van der Waals surface area contributed by atoms with Crippen LogP contribution in [0.1, 0.15) is 17.2 Å². The average Bonchev–Trinajstić information content (AvgIpc) is 3.02. The first-order valence-corrected chi connectivity index (χ1v) is 6.92. The van der Waals surface area contributed by atoms with E-state index in [1.807, 2.05) is 60.8 Å². The molecule has 2 aromatic heterocycles. The molecule has 102 valence electrons. The molecule has 0 saturated heterocycles. The highest BCUT2D eigenvalue weighted by Gasteiger charge is 2.14. The number of hydrogen-bond donors (Lipinski definition) is 2. The zero-order valence-corrected chi connectivity index (χ0v) is 11.3. The van der Waals surface area contributed by atoms with Crippen molar-refractivity contribution in [2.45, 2.75) is 6.10 Å². The van der Waals surface area contributed by atoms with Gasteiger partial charge in [-0.25, -0.2) is 0 Å². The molecule has 1 atom stereocenters. The number of aliphatic hydroxyl groups excluding tert-OH is 1. The summed E-state index contributed by atoms with van der Waals surface area (Å²) in [7, 11) is 0. The molecule has 0 radical (unpaired) electrons. The third kappa shape index (κ3) is 1.99. The maximum absolute atomic E-state index is 10.7. The predicted octanol–water partition coefficient (Wildman–Crippen LogP) is 3.80. The molecule has 2 N–H and O–H groups in total. The van der Waals surface area contributed by atoms with Crippen molar-refractivity contribution in [2.75, 3.05) is 0 Å². The molecule has 4 rings (SSSR count). The van der Waals surface area contributed by atoms with E-state index in [4.69, 9.17) is 0 Å². The molecule has 0 saturated carbocycles. The molecule has 2 aromatic carbocycles. The van der Waals surface area contributed by atoms with Gasteiger partial charge in [0.1, 0.15) is 6.10 Å². The van der Waals surface area contributed by atoms with Crippen LogP contribution in [-0.4, -0.2) is 15.1 Å². The van der Waals surface area contributed by atoms with Gasteiger partial charge in [0, 0.05) is 28.7 Å². The normalized spacial score (nSPS) is 12.8. The minimum absolute atomic E-state index is 0.644. The lowest BCUT2D eigenvalue weighted by Gasteiger charge is -2.13. The van der Waals surface area contributed by atoms with E-state index in [1.165, 1.54) is 0 Å². The average molecular weight is 274 g/mol. The fourth-order valence-electron chi connectivity index (χ4n) is 2.79. The van der Waals surface area contributed by atoms with E-state index in [1.54, 1.807) is 6.20 Å². The third-order valence-corrected chi connectivity index (χ3v) is 3.87. The summed E-state index contributed by atoms with van der Waals surface area (Å²) in [4.78, 5) is 7.48. The number of hydrogen-bond acceptors (Lipinski definition) is 2. The minimum atomic E-state index is -0.644. The van der Waals surface area contributed by atoms with E-state index < -0.39 is 6.10 Å². The number of H-pyrrole nitrogens is 1. The SMILES string of the molecule is OC(c1ccc2ncccc2c1)c1cccc2[nH]ccc12. The van der Waals surface area contributed by atoms with Crippen molar-refractivity contribution < 1.29 is 5.11 Å². The standard InChI is InChI=1S/C18H14N2O/c21-18(15-4-1-5-17-14(15)8-10-20-17)13-6-7-16-12(11-13)3-2-9-19-16/h1-11,18,20-21H. The Bertz CT molecular complexity index is 926. The highest BCUT2D eigenvalue weighted by Crippen LogP contribution is 2.29.